The van der Waals surface area contributed by atoms with E-state index < -0.39 is 10.0 Å². The van der Waals surface area contributed by atoms with Gasteiger partial charge in [0, 0.05) is 18.1 Å². The predicted molar refractivity (Wildman–Crippen MR) is 73.1 cm³/mol. The van der Waals surface area contributed by atoms with Gasteiger partial charge in [-0.3, -0.25) is 0 Å². The van der Waals surface area contributed by atoms with Gasteiger partial charge in [0.25, 0.3) is 0 Å². The summed E-state index contributed by atoms with van der Waals surface area (Å²) in [4.78, 5) is 0.353. The van der Waals surface area contributed by atoms with E-state index in [1.165, 1.54) is 4.31 Å². The van der Waals surface area contributed by atoms with Crippen LogP contribution < -0.4 is 0 Å². The van der Waals surface area contributed by atoms with Gasteiger partial charge in [0.15, 0.2) is 0 Å². The van der Waals surface area contributed by atoms with Crippen LogP contribution in [-0.4, -0.2) is 39.0 Å². The molecule has 6 heteroatoms. The molecule has 0 radical (unpaired) electrons. The van der Waals surface area contributed by atoms with Crippen LogP contribution in [0.5, 0.6) is 0 Å². The number of nitrogens with zero attached hydrogens (tertiary/aromatic N) is 1. The Bertz CT molecular complexity index is 538. The molecule has 0 aliphatic carbocycles. The second-order valence-electron chi connectivity index (χ2n) is 4.45. The number of benzene rings is 1. The summed E-state index contributed by atoms with van der Waals surface area (Å²) in [5, 5.41) is 0. The van der Waals surface area contributed by atoms with Crippen molar-refractivity contribution < 1.29 is 13.2 Å². The normalized spacial score (nSPS) is 20.6. The van der Waals surface area contributed by atoms with Gasteiger partial charge in [0.1, 0.15) is 0 Å². The molecule has 1 aliphatic rings. The number of rotatable bonds is 3. The maximum atomic E-state index is 12.5. The van der Waals surface area contributed by atoms with Gasteiger partial charge >= 0.3 is 0 Å². The van der Waals surface area contributed by atoms with Gasteiger partial charge in [0.05, 0.1) is 17.5 Å². The molecule has 0 aromatic heterocycles. The summed E-state index contributed by atoms with van der Waals surface area (Å²) in [7, 11) is -1.83. The highest BCUT2D eigenvalue weighted by atomic mass is 79.9. The van der Waals surface area contributed by atoms with E-state index in [-0.39, 0.29) is 6.04 Å². The molecule has 0 saturated carbocycles. The fourth-order valence-corrected chi connectivity index (χ4v) is 4.14. The fourth-order valence-electron chi connectivity index (χ4n) is 2.01. The standard InChI is InChI=1S/C12H16BrNO3S/c1-9-3-4-10(13)7-12(9)18(15,16)14(2)11-5-6-17-8-11/h3-4,7,11H,5-6,8H2,1-2H3. The van der Waals surface area contributed by atoms with Gasteiger partial charge in [-0.15, -0.1) is 0 Å². The van der Waals surface area contributed by atoms with Crippen molar-refractivity contribution >= 4 is 26.0 Å². The molecule has 2 rings (SSSR count). The lowest BCUT2D eigenvalue weighted by atomic mass is 10.2. The Labute approximate surface area is 116 Å². The van der Waals surface area contributed by atoms with Gasteiger partial charge < -0.3 is 4.74 Å². The van der Waals surface area contributed by atoms with E-state index in [1.807, 2.05) is 6.07 Å². The van der Waals surface area contributed by atoms with E-state index in [9.17, 15) is 8.42 Å². The minimum atomic E-state index is -3.45. The Morgan fingerprint density at radius 1 is 1.44 bits per heavy atom. The van der Waals surface area contributed by atoms with Gasteiger partial charge in [-0.05, 0) is 31.0 Å². The van der Waals surface area contributed by atoms with Gasteiger partial charge in [-0.1, -0.05) is 22.0 Å². The monoisotopic (exact) mass is 333 g/mol. The zero-order valence-electron chi connectivity index (χ0n) is 10.4. The lowest BCUT2D eigenvalue weighted by Crippen LogP contribution is -2.37. The first-order valence-electron chi connectivity index (χ1n) is 5.75. The molecule has 1 aromatic rings. The van der Waals surface area contributed by atoms with Crippen molar-refractivity contribution in [1.29, 1.82) is 0 Å². The molecule has 0 spiro atoms. The molecule has 0 bridgehead atoms. The molecule has 18 heavy (non-hydrogen) atoms. The summed E-state index contributed by atoms with van der Waals surface area (Å²) in [5.74, 6) is 0. The minimum Gasteiger partial charge on any atom is -0.380 e. The van der Waals surface area contributed by atoms with Crippen LogP contribution >= 0.6 is 15.9 Å². The van der Waals surface area contributed by atoms with Crippen molar-refractivity contribution in [3.8, 4) is 0 Å². The highest BCUT2D eigenvalue weighted by Gasteiger charge is 2.31. The van der Waals surface area contributed by atoms with Crippen LogP contribution in [-0.2, 0) is 14.8 Å². The average molecular weight is 334 g/mol. The number of likely N-dealkylation sites (N-methyl/N-ethyl adjacent to an activating group) is 1. The Kier molecular flexibility index (Phi) is 4.11. The highest BCUT2D eigenvalue weighted by Crippen LogP contribution is 2.26. The summed E-state index contributed by atoms with van der Waals surface area (Å²) < 4.78 is 32.5. The van der Waals surface area contributed by atoms with Gasteiger partial charge in [-0.25, -0.2) is 8.42 Å². The van der Waals surface area contributed by atoms with E-state index in [4.69, 9.17) is 4.74 Å². The number of halogens is 1. The Hall–Kier alpha value is -0.430. The second kappa shape index (κ2) is 5.28. The lowest BCUT2D eigenvalue weighted by Gasteiger charge is -2.23. The van der Waals surface area contributed by atoms with Gasteiger partial charge in [0.2, 0.25) is 10.0 Å². The zero-order chi connectivity index (χ0) is 13.3. The summed E-state index contributed by atoms with van der Waals surface area (Å²) in [6.45, 7) is 2.91. The largest absolute Gasteiger partial charge is 0.380 e. The van der Waals surface area contributed by atoms with Crippen molar-refractivity contribution in [2.24, 2.45) is 0 Å². The SMILES string of the molecule is Cc1ccc(Br)cc1S(=O)(=O)N(C)C1CCOC1. The summed E-state index contributed by atoms with van der Waals surface area (Å²) in [6.07, 6.45) is 0.753. The van der Waals surface area contributed by atoms with Crippen LogP contribution in [0.3, 0.4) is 0 Å². The molecular formula is C12H16BrNO3S. The first kappa shape index (κ1) is 14.0. The van der Waals surface area contributed by atoms with Crippen molar-refractivity contribution in [3.63, 3.8) is 0 Å². The molecule has 100 valence electrons. The average Bonchev–Trinajstić information content (AvgIpc) is 2.84. The van der Waals surface area contributed by atoms with Crippen LogP contribution in [0.2, 0.25) is 0 Å². The van der Waals surface area contributed by atoms with E-state index in [0.29, 0.717) is 18.1 Å². The molecule has 1 unspecified atom stereocenters. The Morgan fingerprint density at radius 3 is 2.78 bits per heavy atom. The van der Waals surface area contributed by atoms with Crippen molar-refractivity contribution in [1.82, 2.24) is 4.31 Å². The van der Waals surface area contributed by atoms with Crippen LogP contribution in [0.4, 0.5) is 0 Å². The first-order chi connectivity index (χ1) is 8.43. The number of hydrogen-bond donors (Lipinski definition) is 0. The van der Waals surface area contributed by atoms with Crippen molar-refractivity contribution in [3.05, 3.63) is 28.2 Å². The first-order valence-corrected chi connectivity index (χ1v) is 7.98. The fraction of sp³-hybridized carbons (Fsp3) is 0.500. The third-order valence-electron chi connectivity index (χ3n) is 3.23. The van der Waals surface area contributed by atoms with Crippen LogP contribution in [0.1, 0.15) is 12.0 Å². The quantitative estimate of drug-likeness (QED) is 0.851. The third kappa shape index (κ3) is 2.61. The van der Waals surface area contributed by atoms with E-state index in [1.54, 1.807) is 26.1 Å². The molecule has 1 fully saturated rings. The predicted octanol–water partition coefficient (Wildman–Crippen LogP) is 2.17. The third-order valence-corrected chi connectivity index (χ3v) is 5.77. The molecule has 1 aliphatic heterocycles. The molecule has 1 saturated heterocycles. The van der Waals surface area contributed by atoms with E-state index in [2.05, 4.69) is 15.9 Å². The Balaban J connectivity index is 2.37. The van der Waals surface area contributed by atoms with Gasteiger partial charge in [-0.2, -0.15) is 4.31 Å². The Morgan fingerprint density at radius 2 is 2.17 bits per heavy atom. The molecule has 1 heterocycles. The molecule has 4 nitrogen and oxygen atoms in total. The van der Waals surface area contributed by atoms with E-state index in [0.717, 1.165) is 16.5 Å². The molecule has 1 atom stereocenters. The van der Waals surface area contributed by atoms with Crippen LogP contribution in [0, 0.1) is 6.92 Å². The number of hydrogen-bond acceptors (Lipinski definition) is 3. The zero-order valence-corrected chi connectivity index (χ0v) is 12.8. The summed E-state index contributed by atoms with van der Waals surface area (Å²) >= 11 is 3.31. The van der Waals surface area contributed by atoms with Crippen molar-refractivity contribution in [2.75, 3.05) is 20.3 Å². The number of ether oxygens (including phenoxy) is 1. The molecule has 0 amide bonds. The van der Waals surface area contributed by atoms with Crippen LogP contribution in [0.25, 0.3) is 0 Å². The van der Waals surface area contributed by atoms with E-state index >= 15 is 0 Å². The molecule has 0 N–H and O–H groups in total. The topological polar surface area (TPSA) is 46.6 Å². The number of sulfonamides is 1. The summed E-state index contributed by atoms with van der Waals surface area (Å²) in [6, 6.07) is 5.23. The maximum absolute atomic E-state index is 12.5. The highest BCUT2D eigenvalue weighted by molar-refractivity contribution is 9.10. The maximum Gasteiger partial charge on any atom is 0.243 e. The lowest BCUT2D eigenvalue weighted by molar-refractivity contribution is 0.181. The van der Waals surface area contributed by atoms with Crippen molar-refractivity contribution in [2.45, 2.75) is 24.3 Å². The molecular weight excluding hydrogens is 318 g/mol. The molecule has 1 aromatic carbocycles. The summed E-state index contributed by atoms with van der Waals surface area (Å²) in [5.41, 5.74) is 0.754. The number of aryl methyl sites for hydroxylation is 1. The smallest absolute Gasteiger partial charge is 0.243 e. The van der Waals surface area contributed by atoms with Crippen LogP contribution in [0.15, 0.2) is 27.6 Å². The second-order valence-corrected chi connectivity index (χ2v) is 7.33. The minimum absolute atomic E-state index is 0.0617.